The maximum absolute atomic E-state index is 12.6. The van der Waals surface area contributed by atoms with E-state index in [4.69, 9.17) is 18.9 Å². The highest BCUT2D eigenvalue weighted by molar-refractivity contribution is 5.34. The Morgan fingerprint density at radius 1 is 0.875 bits per heavy atom. The zero-order valence-electron chi connectivity index (χ0n) is 24.9. The average molecular weight is 559 g/mol. The molecule has 0 spiro atoms. The van der Waals surface area contributed by atoms with Crippen molar-refractivity contribution in [1.29, 1.82) is 0 Å². The summed E-state index contributed by atoms with van der Waals surface area (Å²) in [6.07, 6.45) is 5.39. The lowest BCUT2D eigenvalue weighted by Crippen LogP contribution is -2.62. The molecule has 5 aliphatic rings. The Bertz CT molecular complexity index is 1050. The first-order chi connectivity index (χ1) is 19.1. The second-order valence-corrected chi connectivity index (χ2v) is 14.2. The first-order valence-electron chi connectivity index (χ1n) is 15.6. The first-order valence-corrected chi connectivity index (χ1v) is 15.6. The van der Waals surface area contributed by atoms with E-state index in [9.17, 15) is 15.3 Å². The molecule has 1 heterocycles. The van der Waals surface area contributed by atoms with Crippen LogP contribution in [0.1, 0.15) is 90.0 Å². The number of aliphatic hydroxyl groups is 3. The summed E-state index contributed by atoms with van der Waals surface area (Å²) in [5.41, 5.74) is 0.774. The van der Waals surface area contributed by atoms with Crippen molar-refractivity contribution in [3.8, 4) is 5.75 Å². The van der Waals surface area contributed by atoms with Crippen LogP contribution in [0.25, 0.3) is 0 Å². The van der Waals surface area contributed by atoms with Gasteiger partial charge in [-0.1, -0.05) is 26.0 Å². The van der Waals surface area contributed by atoms with Gasteiger partial charge >= 0.3 is 0 Å². The standard InChI is InChI=1S/C33H50O7/c1-19-27(34)29(38-5)28(35)30(39-19)40-23-12-15-31(2)21(18-23)8-11-26-25(31)13-16-32(3)24(14-17-33(26,32)36)20-6-9-22(37-4)10-7-20/h6-7,9-10,19,21,23-30,34-36H,8,11-18H2,1-5H3/t19-,21?,23?,24?,25-,26-,27-,28-,29+,30+,31+,32-,33-/m1/s1. The van der Waals surface area contributed by atoms with Crippen LogP contribution >= 0.6 is 0 Å². The predicted octanol–water partition coefficient (Wildman–Crippen LogP) is 4.80. The number of benzene rings is 1. The topological polar surface area (TPSA) is 97.6 Å². The number of hydrogen-bond donors (Lipinski definition) is 3. The average Bonchev–Trinajstić information content (AvgIpc) is 3.23. The molecule has 13 atom stereocenters. The van der Waals surface area contributed by atoms with Gasteiger partial charge < -0.3 is 34.3 Å². The van der Waals surface area contributed by atoms with E-state index in [2.05, 4.69) is 38.1 Å². The number of fused-ring (bicyclic) bond motifs is 5. The molecule has 3 unspecified atom stereocenters. The molecule has 6 rings (SSSR count). The van der Waals surface area contributed by atoms with Crippen molar-refractivity contribution in [2.45, 2.75) is 127 Å². The molecule has 1 aromatic carbocycles. The molecule has 0 amide bonds. The summed E-state index contributed by atoms with van der Waals surface area (Å²) < 4.78 is 23.0. The summed E-state index contributed by atoms with van der Waals surface area (Å²) in [4.78, 5) is 0. The van der Waals surface area contributed by atoms with Crippen molar-refractivity contribution < 1.29 is 34.3 Å². The Morgan fingerprint density at radius 3 is 2.33 bits per heavy atom. The van der Waals surface area contributed by atoms with Crippen molar-refractivity contribution in [1.82, 2.24) is 0 Å². The summed E-state index contributed by atoms with van der Waals surface area (Å²) in [6, 6.07) is 8.53. The predicted molar refractivity (Wildman–Crippen MR) is 151 cm³/mol. The molecule has 1 aromatic rings. The monoisotopic (exact) mass is 558 g/mol. The molecule has 0 radical (unpaired) electrons. The van der Waals surface area contributed by atoms with Gasteiger partial charge in [-0.25, -0.2) is 0 Å². The van der Waals surface area contributed by atoms with E-state index in [1.165, 1.54) is 19.1 Å². The largest absolute Gasteiger partial charge is 0.497 e. The highest BCUT2D eigenvalue weighted by Gasteiger charge is 2.67. The van der Waals surface area contributed by atoms with Gasteiger partial charge in [-0.05, 0) is 111 Å². The Morgan fingerprint density at radius 2 is 1.62 bits per heavy atom. The van der Waals surface area contributed by atoms with Gasteiger partial charge in [0.2, 0.25) is 0 Å². The van der Waals surface area contributed by atoms with E-state index in [1.807, 2.05) is 0 Å². The van der Waals surface area contributed by atoms with Gasteiger partial charge in [-0.2, -0.15) is 0 Å². The number of ether oxygens (including phenoxy) is 4. The van der Waals surface area contributed by atoms with Crippen molar-refractivity contribution >= 4 is 0 Å². The van der Waals surface area contributed by atoms with Gasteiger partial charge in [-0.3, -0.25) is 0 Å². The van der Waals surface area contributed by atoms with Crippen LogP contribution < -0.4 is 4.74 Å². The normalized spacial score (nSPS) is 50.5. The minimum Gasteiger partial charge on any atom is -0.497 e. The summed E-state index contributed by atoms with van der Waals surface area (Å²) in [5, 5.41) is 33.7. The SMILES string of the molecule is COc1ccc(C2CC[C@@]3(O)[C@@H]4CCC5CC(O[C@@H]6O[C@H](C)[C@@H](O)[C@H](OC)[C@H]6O)CC[C@]5(C)[C@@H]4CC[C@]23C)cc1. The first kappa shape index (κ1) is 28.9. The Hall–Kier alpha value is -1.22. The lowest BCUT2D eigenvalue weighted by molar-refractivity contribution is -0.313. The molecule has 7 nitrogen and oxygen atoms in total. The fourth-order valence-electron chi connectivity index (χ4n) is 10.3. The maximum atomic E-state index is 12.6. The zero-order valence-corrected chi connectivity index (χ0v) is 24.9. The van der Waals surface area contributed by atoms with E-state index in [1.54, 1.807) is 14.0 Å². The van der Waals surface area contributed by atoms with Gasteiger partial charge in [0.1, 0.15) is 24.1 Å². The second-order valence-electron chi connectivity index (χ2n) is 14.2. The summed E-state index contributed by atoms with van der Waals surface area (Å²) >= 11 is 0. The van der Waals surface area contributed by atoms with Gasteiger partial charge in [0.05, 0.1) is 24.9 Å². The molecule has 5 fully saturated rings. The number of aliphatic hydroxyl groups excluding tert-OH is 2. The smallest absolute Gasteiger partial charge is 0.186 e. The van der Waals surface area contributed by atoms with Crippen molar-refractivity contribution in [3.63, 3.8) is 0 Å². The fraction of sp³-hybridized carbons (Fsp3) is 0.818. The van der Waals surface area contributed by atoms with Crippen molar-refractivity contribution in [2.24, 2.45) is 28.6 Å². The van der Waals surface area contributed by atoms with Gasteiger partial charge in [0, 0.05) is 12.5 Å². The van der Waals surface area contributed by atoms with Crippen LogP contribution in [0.2, 0.25) is 0 Å². The summed E-state index contributed by atoms with van der Waals surface area (Å²) in [7, 11) is 3.21. The number of methoxy groups -OCH3 is 2. The number of hydrogen-bond acceptors (Lipinski definition) is 7. The molecule has 0 aromatic heterocycles. The Labute approximate surface area is 239 Å². The molecule has 40 heavy (non-hydrogen) atoms. The van der Waals surface area contributed by atoms with E-state index >= 15 is 0 Å². The molecule has 4 aliphatic carbocycles. The molecular formula is C33H50O7. The van der Waals surface area contributed by atoms with Crippen LogP contribution in [0.3, 0.4) is 0 Å². The molecule has 224 valence electrons. The lowest BCUT2D eigenvalue weighted by Gasteiger charge is -2.64. The van der Waals surface area contributed by atoms with Gasteiger partial charge in [0.15, 0.2) is 6.29 Å². The molecule has 0 bridgehead atoms. The van der Waals surface area contributed by atoms with Crippen molar-refractivity contribution in [2.75, 3.05) is 14.2 Å². The van der Waals surface area contributed by atoms with E-state index < -0.39 is 36.3 Å². The minimum absolute atomic E-state index is 0.0112. The van der Waals surface area contributed by atoms with E-state index in [0.717, 1.165) is 57.1 Å². The zero-order chi connectivity index (χ0) is 28.4. The molecule has 3 N–H and O–H groups in total. The summed E-state index contributed by atoms with van der Waals surface area (Å²) in [5.74, 6) is 2.64. The quantitative estimate of drug-likeness (QED) is 0.447. The molecule has 1 aliphatic heterocycles. The third kappa shape index (κ3) is 4.29. The fourth-order valence-corrected chi connectivity index (χ4v) is 10.3. The highest BCUT2D eigenvalue weighted by Crippen LogP contribution is 2.70. The highest BCUT2D eigenvalue weighted by atomic mass is 16.7. The second kappa shape index (κ2) is 10.5. The van der Waals surface area contributed by atoms with Gasteiger partial charge in [-0.15, -0.1) is 0 Å². The minimum atomic E-state index is -1.02. The lowest BCUT2D eigenvalue weighted by atomic mass is 9.43. The van der Waals surface area contributed by atoms with Gasteiger partial charge in [0.25, 0.3) is 0 Å². The Balaban J connectivity index is 1.16. The van der Waals surface area contributed by atoms with Crippen LogP contribution in [-0.4, -0.2) is 72.0 Å². The third-order valence-electron chi connectivity index (χ3n) is 12.7. The van der Waals surface area contributed by atoms with Crippen LogP contribution in [0, 0.1) is 28.6 Å². The van der Waals surface area contributed by atoms with E-state index in [-0.39, 0.29) is 16.9 Å². The van der Waals surface area contributed by atoms with Crippen LogP contribution in [0.15, 0.2) is 24.3 Å². The molecule has 4 saturated carbocycles. The molecule has 7 heteroatoms. The van der Waals surface area contributed by atoms with E-state index in [0.29, 0.717) is 23.7 Å². The van der Waals surface area contributed by atoms with Crippen LogP contribution in [-0.2, 0) is 14.2 Å². The maximum Gasteiger partial charge on any atom is 0.186 e. The molecular weight excluding hydrogens is 508 g/mol. The van der Waals surface area contributed by atoms with Crippen molar-refractivity contribution in [3.05, 3.63) is 29.8 Å². The third-order valence-corrected chi connectivity index (χ3v) is 12.7. The number of rotatable bonds is 5. The van der Waals surface area contributed by atoms with Crippen LogP contribution in [0.5, 0.6) is 5.75 Å². The summed E-state index contributed by atoms with van der Waals surface area (Å²) in [6.45, 7) is 6.64. The van der Waals surface area contributed by atoms with Crippen LogP contribution in [0.4, 0.5) is 0 Å². The molecule has 1 saturated heterocycles. The Kier molecular flexibility index (Phi) is 7.58.